The van der Waals surface area contributed by atoms with Gasteiger partial charge in [-0.1, -0.05) is 62.4 Å². The Kier molecular flexibility index (Phi) is 15.1. The number of benzene rings is 2. The van der Waals surface area contributed by atoms with Crippen molar-refractivity contribution in [1.29, 1.82) is 0 Å². The van der Waals surface area contributed by atoms with E-state index in [2.05, 4.69) is 16.0 Å². The minimum Gasteiger partial charge on any atom is -0.463 e. The molecule has 2 rings (SSSR count). The van der Waals surface area contributed by atoms with Crippen LogP contribution in [0.15, 0.2) is 66.7 Å². The number of halogens is 1. The van der Waals surface area contributed by atoms with Gasteiger partial charge in [0.15, 0.2) is 0 Å². The van der Waals surface area contributed by atoms with Crippen molar-refractivity contribution in [2.75, 3.05) is 6.61 Å². The largest absolute Gasteiger partial charge is 0.463 e. The Labute approximate surface area is 256 Å². The van der Waals surface area contributed by atoms with Gasteiger partial charge in [-0.25, -0.2) is 14.0 Å². The Morgan fingerprint density at radius 3 is 2.14 bits per heavy atom. The van der Waals surface area contributed by atoms with Crippen molar-refractivity contribution in [2.45, 2.75) is 71.2 Å². The number of hydrogen-bond acceptors (Lipinski definition) is 7. The second-order valence-corrected chi connectivity index (χ2v) is 10.5. The van der Waals surface area contributed by atoms with Gasteiger partial charge in [0.1, 0.15) is 24.5 Å². The van der Waals surface area contributed by atoms with E-state index in [1.807, 2.05) is 32.0 Å². The minimum atomic E-state index is -1.17. The molecule has 12 heteroatoms. The Bertz CT molecular complexity index is 1270. The van der Waals surface area contributed by atoms with Crippen LogP contribution in [0, 0.1) is 11.7 Å². The summed E-state index contributed by atoms with van der Waals surface area (Å²) >= 11 is 0. The minimum absolute atomic E-state index is 0.00394. The van der Waals surface area contributed by atoms with Crippen LogP contribution in [0.5, 0.6) is 0 Å². The number of nitrogens with two attached hydrogens (primary N) is 1. The quantitative estimate of drug-likeness (QED) is 0.157. The Morgan fingerprint density at radius 1 is 0.864 bits per heavy atom. The third-order valence-corrected chi connectivity index (χ3v) is 6.30. The molecular formula is C32H41FN4O7. The normalized spacial score (nSPS) is 13.0. The van der Waals surface area contributed by atoms with Gasteiger partial charge in [-0.3, -0.25) is 14.4 Å². The molecule has 2 aromatic carbocycles. The van der Waals surface area contributed by atoms with Crippen LogP contribution < -0.4 is 21.7 Å². The average molecular weight is 613 g/mol. The van der Waals surface area contributed by atoms with Crippen LogP contribution in [0.2, 0.25) is 0 Å². The molecule has 0 spiro atoms. The fraction of sp³-hybridized carbons (Fsp3) is 0.406. The molecule has 0 saturated heterocycles. The van der Waals surface area contributed by atoms with Crippen LogP contribution in [0.3, 0.4) is 0 Å². The van der Waals surface area contributed by atoms with Crippen molar-refractivity contribution >= 4 is 29.8 Å². The number of rotatable bonds is 17. The van der Waals surface area contributed by atoms with Gasteiger partial charge in [-0.15, -0.1) is 0 Å². The maximum atomic E-state index is 13.6. The molecule has 0 radical (unpaired) electrons. The Balaban J connectivity index is 2.23. The predicted octanol–water partition coefficient (Wildman–Crippen LogP) is 3.06. The van der Waals surface area contributed by atoms with Crippen LogP contribution in [0.1, 0.15) is 51.2 Å². The third-order valence-electron chi connectivity index (χ3n) is 6.30. The van der Waals surface area contributed by atoms with E-state index in [0.29, 0.717) is 5.56 Å². The van der Waals surface area contributed by atoms with Crippen molar-refractivity contribution in [2.24, 2.45) is 11.7 Å². The molecule has 0 heterocycles. The van der Waals surface area contributed by atoms with Crippen molar-refractivity contribution < 1.29 is 37.8 Å². The van der Waals surface area contributed by atoms with Gasteiger partial charge in [0.25, 0.3) is 0 Å². The second-order valence-electron chi connectivity index (χ2n) is 10.5. The van der Waals surface area contributed by atoms with Gasteiger partial charge in [-0.2, -0.15) is 0 Å². The summed E-state index contributed by atoms with van der Waals surface area (Å²) in [7, 11) is 0. The van der Waals surface area contributed by atoms with Crippen LogP contribution in [-0.2, 0) is 41.7 Å². The molecule has 5 N–H and O–H groups in total. The maximum absolute atomic E-state index is 13.6. The van der Waals surface area contributed by atoms with Gasteiger partial charge in [-0.05, 0) is 48.9 Å². The highest BCUT2D eigenvalue weighted by Gasteiger charge is 2.29. The summed E-state index contributed by atoms with van der Waals surface area (Å²) in [6, 6.07) is 11.5. The highest BCUT2D eigenvalue weighted by atomic mass is 19.1. The molecule has 2 aromatic rings. The number of carbonyl (C=O) groups excluding carboxylic acids is 5. The lowest BCUT2D eigenvalue weighted by molar-refractivity contribution is -0.137. The summed E-state index contributed by atoms with van der Waals surface area (Å²) in [5.41, 5.74) is 6.61. The number of amides is 4. The molecule has 0 aromatic heterocycles. The van der Waals surface area contributed by atoms with E-state index in [-0.39, 0.29) is 44.8 Å². The second kappa shape index (κ2) is 18.7. The molecule has 44 heavy (non-hydrogen) atoms. The fourth-order valence-electron chi connectivity index (χ4n) is 4.13. The lowest BCUT2D eigenvalue weighted by atomic mass is 10.0. The molecule has 238 valence electrons. The standard InChI is InChI=1S/C32H41FN4O7/c1-4-43-29(39)17-15-25(14-16-28(34)38)35-30(40)27(19-22-10-12-24(33)13-11-22)36-31(41)26(18-21(2)3)37-32(42)44-20-23-8-6-5-7-9-23/h5-13,15,17,21,25-27H,4,14,16,18-20H2,1-3H3,(H2,34,38)(H,35,40)(H,36,41)(H,37,42)/b17-15+/t25-,26-,27-/m0/s1. The van der Waals surface area contributed by atoms with Gasteiger partial charge >= 0.3 is 12.1 Å². The molecule has 4 amide bonds. The summed E-state index contributed by atoms with van der Waals surface area (Å²) in [4.78, 5) is 62.9. The van der Waals surface area contributed by atoms with E-state index < -0.39 is 53.7 Å². The summed E-state index contributed by atoms with van der Waals surface area (Å²) < 4.78 is 23.7. The number of carbonyl (C=O) groups is 5. The SMILES string of the molecule is CCOC(=O)/C=C/[C@H](CCC(N)=O)NC(=O)[C@H](Cc1ccc(F)cc1)NC(=O)[C@H](CC(C)C)NC(=O)OCc1ccccc1. The van der Waals surface area contributed by atoms with E-state index in [9.17, 15) is 28.4 Å². The van der Waals surface area contributed by atoms with Crippen LogP contribution in [0.4, 0.5) is 9.18 Å². The lowest BCUT2D eigenvalue weighted by Gasteiger charge is -2.25. The molecule has 0 aliphatic carbocycles. The van der Waals surface area contributed by atoms with Gasteiger partial charge in [0.2, 0.25) is 17.7 Å². The summed E-state index contributed by atoms with van der Waals surface area (Å²) in [5.74, 6) is -2.98. The zero-order valence-corrected chi connectivity index (χ0v) is 25.2. The topological polar surface area (TPSA) is 166 Å². The van der Waals surface area contributed by atoms with Gasteiger partial charge < -0.3 is 31.2 Å². The van der Waals surface area contributed by atoms with Crippen molar-refractivity contribution in [3.05, 3.63) is 83.7 Å². The fourth-order valence-corrected chi connectivity index (χ4v) is 4.13. The van der Waals surface area contributed by atoms with E-state index >= 15 is 0 Å². The van der Waals surface area contributed by atoms with Crippen molar-refractivity contribution in [1.82, 2.24) is 16.0 Å². The molecule has 0 aliphatic rings. The molecule has 0 unspecified atom stereocenters. The van der Waals surface area contributed by atoms with E-state index in [0.717, 1.165) is 11.6 Å². The Morgan fingerprint density at radius 2 is 1.52 bits per heavy atom. The molecule has 0 aliphatic heterocycles. The number of primary amides is 1. The summed E-state index contributed by atoms with van der Waals surface area (Å²) in [5, 5.41) is 8.01. The predicted molar refractivity (Wildman–Crippen MR) is 161 cm³/mol. The van der Waals surface area contributed by atoms with E-state index in [1.54, 1.807) is 19.1 Å². The monoisotopic (exact) mass is 612 g/mol. The van der Waals surface area contributed by atoms with Gasteiger partial charge in [0.05, 0.1) is 6.61 Å². The number of esters is 1. The smallest absolute Gasteiger partial charge is 0.408 e. The lowest BCUT2D eigenvalue weighted by Crippen LogP contribution is -2.55. The van der Waals surface area contributed by atoms with Crippen molar-refractivity contribution in [3.8, 4) is 0 Å². The summed E-state index contributed by atoms with van der Waals surface area (Å²) in [6.45, 7) is 5.55. The molecule has 0 bridgehead atoms. The van der Waals surface area contributed by atoms with Crippen molar-refractivity contribution in [3.63, 3.8) is 0 Å². The first kappa shape index (κ1) is 35.5. The highest BCUT2D eigenvalue weighted by Crippen LogP contribution is 2.11. The number of nitrogens with one attached hydrogen (secondary N) is 3. The number of ether oxygens (including phenoxy) is 2. The molecular weight excluding hydrogens is 571 g/mol. The molecule has 3 atom stereocenters. The highest BCUT2D eigenvalue weighted by molar-refractivity contribution is 5.92. The first-order valence-corrected chi connectivity index (χ1v) is 14.4. The number of hydrogen-bond donors (Lipinski definition) is 4. The van der Waals surface area contributed by atoms with Gasteiger partial charge in [0, 0.05) is 25.0 Å². The van der Waals surface area contributed by atoms with Crippen LogP contribution in [-0.4, -0.2) is 54.5 Å². The zero-order chi connectivity index (χ0) is 32.5. The first-order valence-electron chi connectivity index (χ1n) is 14.4. The maximum Gasteiger partial charge on any atom is 0.408 e. The van der Waals surface area contributed by atoms with Crippen LogP contribution >= 0.6 is 0 Å². The Hall–Kier alpha value is -4.74. The third kappa shape index (κ3) is 14.0. The molecule has 0 saturated carbocycles. The number of alkyl carbamates (subject to hydrolysis) is 1. The molecule has 0 fully saturated rings. The first-order chi connectivity index (χ1) is 21.0. The van der Waals surface area contributed by atoms with E-state index in [1.165, 1.54) is 30.3 Å². The average Bonchev–Trinajstić information content (AvgIpc) is 2.98. The summed E-state index contributed by atoms with van der Waals surface area (Å²) in [6.07, 6.45) is 1.94. The van der Waals surface area contributed by atoms with Crippen LogP contribution in [0.25, 0.3) is 0 Å². The molecule has 11 nitrogen and oxygen atoms in total. The zero-order valence-electron chi connectivity index (χ0n) is 25.2. The van der Waals surface area contributed by atoms with E-state index in [4.69, 9.17) is 15.2 Å².